The van der Waals surface area contributed by atoms with Crippen molar-refractivity contribution in [2.75, 3.05) is 0 Å². The quantitative estimate of drug-likeness (QED) is 0.550. The van der Waals surface area contributed by atoms with Crippen molar-refractivity contribution in [3.8, 4) is 11.3 Å². The van der Waals surface area contributed by atoms with E-state index in [-0.39, 0.29) is 11.3 Å². The molecule has 0 saturated heterocycles. The van der Waals surface area contributed by atoms with Crippen LogP contribution in [0.1, 0.15) is 10.5 Å². The molecule has 2 aromatic heterocycles. The molecule has 1 aromatic carbocycles. The number of hydrogen-bond donors (Lipinski definition) is 1. The Kier molecular flexibility index (Phi) is 4.13. The number of aromatic amines is 1. The molecule has 0 unspecified atom stereocenters. The van der Waals surface area contributed by atoms with Gasteiger partial charge in [-0.05, 0) is 18.2 Å². The number of hydrogen-bond acceptors (Lipinski definition) is 6. The first-order chi connectivity index (χ1) is 11.8. The van der Waals surface area contributed by atoms with Crippen LogP contribution in [0.25, 0.3) is 22.2 Å². The van der Waals surface area contributed by atoms with Crippen molar-refractivity contribution in [1.29, 1.82) is 0 Å². The average molecular weight is 371 g/mol. The summed E-state index contributed by atoms with van der Waals surface area (Å²) in [5.74, 6) is -4.19. The van der Waals surface area contributed by atoms with Crippen LogP contribution in [0.3, 0.4) is 0 Å². The second-order valence-electron chi connectivity index (χ2n) is 4.77. The number of carbonyl (C=O) groups is 2. The van der Waals surface area contributed by atoms with Crippen LogP contribution in [0.5, 0.6) is 0 Å². The normalized spacial score (nSPS) is 11.5. The Bertz CT molecular complexity index is 987. The van der Waals surface area contributed by atoms with Gasteiger partial charge < -0.3 is 4.74 Å². The van der Waals surface area contributed by atoms with Gasteiger partial charge in [0.1, 0.15) is 5.69 Å². The molecule has 1 N–H and O–H groups in total. The van der Waals surface area contributed by atoms with E-state index in [1.54, 1.807) is 24.3 Å². The van der Waals surface area contributed by atoms with E-state index in [2.05, 4.69) is 25.1 Å². The number of halogens is 4. The second kappa shape index (κ2) is 6.13. The minimum Gasteiger partial charge on any atom is -0.381 e. The van der Waals surface area contributed by atoms with Crippen molar-refractivity contribution < 1.29 is 27.5 Å². The summed E-state index contributed by atoms with van der Waals surface area (Å²) in [6, 6.07) is 6.48. The van der Waals surface area contributed by atoms with Gasteiger partial charge in [0.25, 0.3) is 0 Å². The van der Waals surface area contributed by atoms with Gasteiger partial charge in [0.15, 0.2) is 5.69 Å². The molecule has 25 heavy (non-hydrogen) atoms. The fourth-order valence-electron chi connectivity index (χ4n) is 1.99. The predicted octanol–water partition coefficient (Wildman–Crippen LogP) is 2.92. The Balaban J connectivity index is 1.95. The summed E-state index contributed by atoms with van der Waals surface area (Å²) in [6.07, 6.45) is -3.97. The maximum absolute atomic E-state index is 12.2. The van der Waals surface area contributed by atoms with E-state index >= 15 is 0 Å². The first-order valence-corrected chi connectivity index (χ1v) is 6.93. The molecule has 11 heteroatoms. The summed E-state index contributed by atoms with van der Waals surface area (Å²) < 4.78 is 40.4. The van der Waals surface area contributed by atoms with Crippen molar-refractivity contribution in [2.24, 2.45) is 0 Å². The number of fused-ring (bicyclic) bond motifs is 1. The molecule has 0 atom stereocenters. The van der Waals surface area contributed by atoms with Crippen LogP contribution in [0.15, 0.2) is 30.5 Å². The molecule has 0 aliphatic heterocycles. The summed E-state index contributed by atoms with van der Waals surface area (Å²) in [4.78, 5) is 26.7. The fraction of sp³-hybridized carbons (Fsp3) is 0.0714. The molecule has 0 aliphatic rings. The summed E-state index contributed by atoms with van der Waals surface area (Å²) in [5.41, 5.74) is 0.239. The van der Waals surface area contributed by atoms with E-state index in [1.165, 1.54) is 6.20 Å². The molecule has 0 amide bonds. The number of aromatic nitrogens is 4. The Labute approximate surface area is 141 Å². The zero-order valence-electron chi connectivity index (χ0n) is 12.0. The number of benzene rings is 1. The highest BCUT2D eigenvalue weighted by Gasteiger charge is 2.43. The minimum absolute atomic E-state index is 0.107. The van der Waals surface area contributed by atoms with E-state index in [9.17, 15) is 22.8 Å². The number of nitrogens with zero attached hydrogens (tertiary/aromatic N) is 3. The van der Waals surface area contributed by atoms with Crippen molar-refractivity contribution in [2.45, 2.75) is 6.18 Å². The van der Waals surface area contributed by atoms with Gasteiger partial charge in [-0.1, -0.05) is 22.9 Å². The molecular formula is C14H6ClF3N4O3. The highest BCUT2D eigenvalue weighted by Crippen LogP contribution is 2.25. The third-order valence-corrected chi connectivity index (χ3v) is 3.32. The molecule has 3 aromatic rings. The van der Waals surface area contributed by atoms with Gasteiger partial charge in [0.05, 0.1) is 5.52 Å². The Morgan fingerprint density at radius 1 is 1.20 bits per heavy atom. The first-order valence-electron chi connectivity index (χ1n) is 6.56. The third-order valence-electron chi connectivity index (χ3n) is 3.09. The SMILES string of the molecule is O=C(OC(=O)C(F)(F)F)c1[nH]nnc1-c1cnc2cc(Cl)ccc2c1. The molecule has 0 bridgehead atoms. The average Bonchev–Trinajstić information content (AvgIpc) is 3.03. The van der Waals surface area contributed by atoms with Crippen LogP contribution in [-0.2, 0) is 9.53 Å². The van der Waals surface area contributed by atoms with Gasteiger partial charge in [-0.15, -0.1) is 5.10 Å². The summed E-state index contributed by atoms with van der Waals surface area (Å²) in [7, 11) is 0. The zero-order chi connectivity index (χ0) is 18.2. The monoisotopic (exact) mass is 370 g/mol. The van der Waals surface area contributed by atoms with E-state index < -0.39 is 23.8 Å². The lowest BCUT2D eigenvalue weighted by molar-refractivity contribution is -0.193. The van der Waals surface area contributed by atoms with E-state index in [0.29, 0.717) is 15.9 Å². The smallest absolute Gasteiger partial charge is 0.381 e. The van der Waals surface area contributed by atoms with Crippen molar-refractivity contribution >= 4 is 34.4 Å². The maximum Gasteiger partial charge on any atom is 0.491 e. The highest BCUT2D eigenvalue weighted by atomic mass is 35.5. The number of pyridine rings is 1. The molecular weight excluding hydrogens is 365 g/mol. The molecule has 128 valence electrons. The largest absolute Gasteiger partial charge is 0.491 e. The number of carbonyl (C=O) groups excluding carboxylic acids is 2. The lowest BCUT2D eigenvalue weighted by Crippen LogP contribution is -2.28. The van der Waals surface area contributed by atoms with Gasteiger partial charge in [0.2, 0.25) is 0 Å². The van der Waals surface area contributed by atoms with Gasteiger partial charge in [-0.25, -0.2) is 9.59 Å². The Morgan fingerprint density at radius 2 is 1.96 bits per heavy atom. The van der Waals surface area contributed by atoms with Crippen LogP contribution in [-0.4, -0.2) is 38.5 Å². The van der Waals surface area contributed by atoms with Crippen LogP contribution in [0.2, 0.25) is 5.02 Å². The van der Waals surface area contributed by atoms with Crippen molar-refractivity contribution in [3.05, 3.63) is 41.2 Å². The van der Waals surface area contributed by atoms with Crippen molar-refractivity contribution in [3.63, 3.8) is 0 Å². The Morgan fingerprint density at radius 3 is 2.68 bits per heavy atom. The molecule has 0 spiro atoms. The van der Waals surface area contributed by atoms with Crippen molar-refractivity contribution in [1.82, 2.24) is 20.4 Å². The number of esters is 2. The van der Waals surface area contributed by atoms with Crippen LogP contribution < -0.4 is 0 Å². The first kappa shape index (κ1) is 16.8. The third kappa shape index (κ3) is 3.43. The van der Waals surface area contributed by atoms with Gasteiger partial charge in [-0.2, -0.15) is 13.2 Å². The molecule has 0 fully saturated rings. The fourth-order valence-corrected chi connectivity index (χ4v) is 2.16. The molecule has 3 rings (SSSR count). The van der Waals surface area contributed by atoms with Crippen LogP contribution >= 0.6 is 11.6 Å². The zero-order valence-corrected chi connectivity index (χ0v) is 12.7. The molecule has 0 aliphatic carbocycles. The molecule has 2 heterocycles. The number of nitrogens with one attached hydrogen (secondary N) is 1. The minimum atomic E-state index is -5.30. The van der Waals surface area contributed by atoms with Gasteiger partial charge in [-0.3, -0.25) is 10.1 Å². The van der Waals surface area contributed by atoms with Gasteiger partial charge >= 0.3 is 18.1 Å². The van der Waals surface area contributed by atoms with Gasteiger partial charge in [0, 0.05) is 22.2 Å². The number of alkyl halides is 3. The molecule has 0 saturated carbocycles. The maximum atomic E-state index is 12.2. The van der Waals surface area contributed by atoms with Crippen LogP contribution in [0, 0.1) is 0 Å². The highest BCUT2D eigenvalue weighted by molar-refractivity contribution is 6.31. The number of rotatable bonds is 2. The van der Waals surface area contributed by atoms with E-state index in [1.807, 2.05) is 0 Å². The predicted molar refractivity (Wildman–Crippen MR) is 78.6 cm³/mol. The summed E-state index contributed by atoms with van der Waals surface area (Å²) >= 11 is 5.86. The lowest BCUT2D eigenvalue weighted by atomic mass is 10.1. The lowest BCUT2D eigenvalue weighted by Gasteiger charge is -2.05. The summed E-state index contributed by atoms with van der Waals surface area (Å²) in [5, 5.41) is 10.2. The standard InChI is InChI=1S/C14H6ClF3N4O3/c15-8-2-1-6-3-7(5-19-9(6)4-8)10-11(21-22-20-10)12(23)25-13(24)14(16,17)18/h1-5H,(H,20,21,22). The second-order valence-corrected chi connectivity index (χ2v) is 5.21. The van der Waals surface area contributed by atoms with E-state index in [0.717, 1.165) is 0 Å². The van der Waals surface area contributed by atoms with Crippen LogP contribution in [0.4, 0.5) is 13.2 Å². The topological polar surface area (TPSA) is 97.8 Å². The Hall–Kier alpha value is -3.01. The molecule has 7 nitrogen and oxygen atoms in total. The molecule has 0 radical (unpaired) electrons. The van der Waals surface area contributed by atoms with E-state index in [4.69, 9.17) is 11.6 Å². The number of ether oxygens (including phenoxy) is 1. The number of H-pyrrole nitrogens is 1. The summed E-state index contributed by atoms with van der Waals surface area (Å²) in [6.45, 7) is 0.